The normalized spacial score (nSPS) is 21.8. The number of carbonyl (C=O) groups excluding carboxylic acids is 1. The van der Waals surface area contributed by atoms with Crippen LogP contribution in [0.4, 0.5) is 0 Å². The summed E-state index contributed by atoms with van der Waals surface area (Å²) in [6.07, 6.45) is 9.54. The molecule has 0 bridgehead atoms. The molecular formula is C27H34O2S. The Bertz CT molecular complexity index is 977. The minimum atomic E-state index is -0.264. The van der Waals surface area contributed by atoms with Crippen LogP contribution < -0.4 is 0 Å². The van der Waals surface area contributed by atoms with Crippen molar-refractivity contribution in [1.82, 2.24) is 0 Å². The predicted octanol–water partition coefficient (Wildman–Crippen LogP) is 7.14. The van der Waals surface area contributed by atoms with Crippen LogP contribution in [-0.4, -0.2) is 12.6 Å². The van der Waals surface area contributed by atoms with E-state index < -0.39 is 0 Å². The molecule has 1 atom stereocenters. The Morgan fingerprint density at radius 3 is 2.60 bits per heavy atom. The molecule has 0 amide bonds. The Labute approximate surface area is 185 Å². The molecule has 1 aromatic carbocycles. The van der Waals surface area contributed by atoms with Crippen molar-refractivity contribution >= 4 is 23.4 Å². The number of hydrogen-bond donors (Lipinski definition) is 0. The van der Waals surface area contributed by atoms with Crippen LogP contribution in [0.25, 0.3) is 6.08 Å². The van der Waals surface area contributed by atoms with Gasteiger partial charge in [0.1, 0.15) is 0 Å². The highest BCUT2D eigenvalue weighted by Crippen LogP contribution is 2.48. The van der Waals surface area contributed by atoms with Gasteiger partial charge in [-0.1, -0.05) is 45.9 Å². The van der Waals surface area contributed by atoms with E-state index in [1.165, 1.54) is 47.3 Å². The number of benzene rings is 1. The van der Waals surface area contributed by atoms with Gasteiger partial charge in [0.2, 0.25) is 0 Å². The number of carbonyl (C=O) groups is 1. The van der Waals surface area contributed by atoms with Crippen LogP contribution in [-0.2, 0) is 26.8 Å². The first-order valence-electron chi connectivity index (χ1n) is 11.3. The van der Waals surface area contributed by atoms with Crippen molar-refractivity contribution in [3.63, 3.8) is 0 Å². The maximum atomic E-state index is 11.7. The first kappa shape index (κ1) is 21.4. The SMILES string of the molecule is CCOC(=O)C=Cc1cc2c(s1)CCCC2c1ccc2c(c1)C(C)(C)CCC2(C)C. The molecule has 30 heavy (non-hydrogen) atoms. The predicted molar refractivity (Wildman–Crippen MR) is 126 cm³/mol. The molecule has 1 heterocycles. The zero-order valence-corrected chi connectivity index (χ0v) is 19.8. The van der Waals surface area contributed by atoms with Crippen LogP contribution in [0.15, 0.2) is 30.3 Å². The molecule has 2 aliphatic carbocycles. The number of ether oxygens (including phenoxy) is 1. The molecule has 1 aromatic heterocycles. The molecule has 1 unspecified atom stereocenters. The average molecular weight is 423 g/mol. The summed E-state index contributed by atoms with van der Waals surface area (Å²) in [4.78, 5) is 14.3. The van der Waals surface area contributed by atoms with Gasteiger partial charge in [-0.3, -0.25) is 0 Å². The smallest absolute Gasteiger partial charge is 0.330 e. The lowest BCUT2D eigenvalue weighted by atomic mass is 9.62. The number of hydrogen-bond acceptors (Lipinski definition) is 3. The molecule has 2 nitrogen and oxygen atoms in total. The van der Waals surface area contributed by atoms with E-state index in [0.717, 1.165) is 11.3 Å². The van der Waals surface area contributed by atoms with E-state index in [1.54, 1.807) is 11.6 Å². The van der Waals surface area contributed by atoms with Crippen LogP contribution in [0.1, 0.15) is 98.2 Å². The van der Waals surface area contributed by atoms with Crippen LogP contribution in [0.3, 0.4) is 0 Å². The van der Waals surface area contributed by atoms with Crippen molar-refractivity contribution < 1.29 is 9.53 Å². The van der Waals surface area contributed by atoms with Crippen molar-refractivity contribution in [3.05, 3.63) is 62.3 Å². The van der Waals surface area contributed by atoms with Crippen LogP contribution in [0.2, 0.25) is 0 Å². The van der Waals surface area contributed by atoms with Gasteiger partial charge in [0, 0.05) is 21.7 Å². The zero-order valence-electron chi connectivity index (χ0n) is 19.0. The number of rotatable bonds is 4. The fraction of sp³-hybridized carbons (Fsp3) is 0.519. The highest BCUT2D eigenvalue weighted by molar-refractivity contribution is 7.13. The molecule has 2 aromatic rings. The summed E-state index contributed by atoms with van der Waals surface area (Å²) in [5.41, 5.74) is 6.49. The molecule has 0 saturated carbocycles. The second-order valence-corrected chi connectivity index (χ2v) is 11.3. The van der Waals surface area contributed by atoms with Gasteiger partial charge in [-0.05, 0) is 84.3 Å². The third-order valence-electron chi connectivity index (χ3n) is 7.08. The third-order valence-corrected chi connectivity index (χ3v) is 8.26. The van der Waals surface area contributed by atoms with Gasteiger partial charge in [-0.2, -0.15) is 0 Å². The van der Waals surface area contributed by atoms with Gasteiger partial charge in [0.05, 0.1) is 6.61 Å². The van der Waals surface area contributed by atoms with E-state index in [0.29, 0.717) is 12.5 Å². The Balaban J connectivity index is 1.68. The van der Waals surface area contributed by atoms with E-state index in [9.17, 15) is 4.79 Å². The number of fused-ring (bicyclic) bond motifs is 2. The van der Waals surface area contributed by atoms with E-state index >= 15 is 0 Å². The summed E-state index contributed by atoms with van der Waals surface area (Å²) in [5.74, 6) is 0.195. The van der Waals surface area contributed by atoms with Gasteiger partial charge >= 0.3 is 5.97 Å². The minimum absolute atomic E-state index is 0.237. The monoisotopic (exact) mass is 422 g/mol. The first-order chi connectivity index (χ1) is 14.2. The maximum Gasteiger partial charge on any atom is 0.330 e. The molecule has 0 radical (unpaired) electrons. The molecule has 3 heteroatoms. The molecule has 2 aliphatic rings. The van der Waals surface area contributed by atoms with E-state index in [2.05, 4.69) is 52.0 Å². The number of thiophene rings is 1. The van der Waals surface area contributed by atoms with Gasteiger partial charge in [-0.15, -0.1) is 11.3 Å². The standard InChI is InChI=1S/C27H34O2S/c1-6-29-25(28)13-11-19-17-21-20(8-7-9-24(21)30-19)18-10-12-22-23(16-18)27(4,5)15-14-26(22,2)3/h10-13,16-17,20H,6-9,14-15H2,1-5H3. The highest BCUT2D eigenvalue weighted by Gasteiger charge is 2.37. The second kappa shape index (κ2) is 8.00. The number of aryl methyl sites for hydroxylation is 1. The maximum absolute atomic E-state index is 11.7. The Hall–Kier alpha value is -1.87. The molecule has 0 aliphatic heterocycles. The average Bonchev–Trinajstić information content (AvgIpc) is 3.13. The summed E-state index contributed by atoms with van der Waals surface area (Å²) in [6.45, 7) is 11.8. The van der Waals surface area contributed by atoms with Crippen molar-refractivity contribution in [2.75, 3.05) is 6.61 Å². The summed E-state index contributed by atoms with van der Waals surface area (Å²) >= 11 is 1.83. The van der Waals surface area contributed by atoms with Crippen molar-refractivity contribution in [2.45, 2.75) is 83.5 Å². The van der Waals surface area contributed by atoms with Crippen molar-refractivity contribution in [2.24, 2.45) is 0 Å². The van der Waals surface area contributed by atoms with Crippen molar-refractivity contribution in [1.29, 1.82) is 0 Å². The summed E-state index contributed by atoms with van der Waals surface area (Å²) in [6, 6.07) is 9.61. The van der Waals surface area contributed by atoms with Gasteiger partial charge in [0.15, 0.2) is 0 Å². The summed E-state index contributed by atoms with van der Waals surface area (Å²) in [5, 5.41) is 0. The highest BCUT2D eigenvalue weighted by atomic mass is 32.1. The minimum Gasteiger partial charge on any atom is -0.463 e. The molecule has 4 rings (SSSR count). The van der Waals surface area contributed by atoms with Crippen LogP contribution in [0.5, 0.6) is 0 Å². The van der Waals surface area contributed by atoms with Crippen LogP contribution in [0, 0.1) is 0 Å². The fourth-order valence-corrected chi connectivity index (χ4v) is 6.34. The van der Waals surface area contributed by atoms with Gasteiger partial charge in [0.25, 0.3) is 0 Å². The largest absolute Gasteiger partial charge is 0.463 e. The summed E-state index contributed by atoms with van der Waals surface area (Å²) in [7, 11) is 0. The lowest BCUT2D eigenvalue weighted by Crippen LogP contribution is -2.34. The van der Waals surface area contributed by atoms with Gasteiger partial charge < -0.3 is 4.74 Å². The number of esters is 1. The first-order valence-corrected chi connectivity index (χ1v) is 12.2. The van der Waals surface area contributed by atoms with Crippen LogP contribution >= 0.6 is 11.3 Å². The lowest BCUT2D eigenvalue weighted by molar-refractivity contribution is -0.137. The third kappa shape index (κ3) is 4.01. The van der Waals surface area contributed by atoms with E-state index in [4.69, 9.17) is 4.74 Å². The van der Waals surface area contributed by atoms with Crippen molar-refractivity contribution in [3.8, 4) is 0 Å². The second-order valence-electron chi connectivity index (χ2n) is 10.1. The zero-order chi connectivity index (χ0) is 21.5. The van der Waals surface area contributed by atoms with E-state index in [-0.39, 0.29) is 16.8 Å². The Kier molecular flexibility index (Phi) is 5.69. The molecule has 0 fully saturated rings. The van der Waals surface area contributed by atoms with E-state index in [1.807, 2.05) is 24.3 Å². The Morgan fingerprint density at radius 1 is 1.13 bits per heavy atom. The molecule has 160 valence electrons. The van der Waals surface area contributed by atoms with Gasteiger partial charge in [-0.25, -0.2) is 4.79 Å². The molecule has 0 saturated heterocycles. The lowest BCUT2D eigenvalue weighted by Gasteiger charge is -2.42. The quantitative estimate of drug-likeness (QED) is 0.386. The molecule has 0 spiro atoms. The molecule has 0 N–H and O–H groups in total. The fourth-order valence-electron chi connectivity index (χ4n) is 5.17. The summed E-state index contributed by atoms with van der Waals surface area (Å²) < 4.78 is 5.02. The Morgan fingerprint density at radius 2 is 1.87 bits per heavy atom. The topological polar surface area (TPSA) is 26.3 Å². The molecular weight excluding hydrogens is 388 g/mol.